The van der Waals surface area contributed by atoms with Gasteiger partial charge in [0.05, 0.1) is 49.5 Å². The highest BCUT2D eigenvalue weighted by Crippen LogP contribution is 2.39. The van der Waals surface area contributed by atoms with Gasteiger partial charge in [-0.25, -0.2) is 0 Å². The fourth-order valence-corrected chi connectivity index (χ4v) is 16.9. The third-order valence-electron chi connectivity index (χ3n) is 25.3. The highest BCUT2D eigenvalue weighted by Gasteiger charge is 2.22. The molecule has 14 rings (SSSR count). The van der Waals surface area contributed by atoms with Gasteiger partial charge in [-0.05, 0) is 422 Å². The lowest BCUT2D eigenvalue weighted by Crippen LogP contribution is -1.97. The molecule has 7 aromatic carbocycles. The molecule has 14 aromatic rings. The van der Waals surface area contributed by atoms with Crippen molar-refractivity contribution in [3.63, 3.8) is 0 Å². The third-order valence-corrected chi connectivity index (χ3v) is 26.3. The second-order valence-electron chi connectivity index (χ2n) is 30.2. The van der Waals surface area contributed by atoms with Gasteiger partial charge in [-0.2, -0.15) is 19.7 Å². The maximum Gasteiger partial charge on any atom is 0.170 e. The van der Waals surface area contributed by atoms with E-state index in [0.29, 0.717) is 0 Å². The average Bonchev–Trinajstić information content (AvgIpc) is 1.59. The number of rotatable bonds is 0. The van der Waals surface area contributed by atoms with Crippen LogP contribution in [0.1, 0.15) is 201 Å². The van der Waals surface area contributed by atoms with Crippen LogP contribution < -0.4 is 0 Å². The lowest BCUT2D eigenvalue weighted by atomic mass is 9.94. The Labute approximate surface area is 619 Å². The maximum absolute atomic E-state index is 5.35. The summed E-state index contributed by atoms with van der Waals surface area (Å²) in [6.07, 6.45) is 0. The summed E-state index contributed by atoms with van der Waals surface area (Å²) in [5.41, 5.74) is 53.9. The molecule has 0 aliphatic carbocycles. The van der Waals surface area contributed by atoms with Gasteiger partial charge in [-0.1, -0.05) is 10.3 Å². The molecule has 0 radical (unpaired) electrons. The van der Waals surface area contributed by atoms with Gasteiger partial charge in [-0.3, -0.25) is 14.0 Å². The Balaban J connectivity index is 0.000000152. The molecule has 7 heterocycles. The van der Waals surface area contributed by atoms with E-state index in [2.05, 4.69) is 277 Å². The molecule has 548 valence electrons. The van der Waals surface area contributed by atoms with Crippen molar-refractivity contribution in [1.29, 1.82) is 0 Å². The van der Waals surface area contributed by atoms with Crippen LogP contribution in [0, 0.1) is 249 Å². The minimum Gasteiger partial charge on any atom is -0.360 e. The van der Waals surface area contributed by atoms with Crippen LogP contribution in [-0.2, 0) is 28.2 Å². The first-order valence-corrected chi connectivity index (χ1v) is 37.3. The monoisotopic (exact) mass is 1400 g/mol. The molecule has 0 unspecified atom stereocenters. The van der Waals surface area contributed by atoms with Crippen molar-refractivity contribution in [2.45, 2.75) is 249 Å². The van der Waals surface area contributed by atoms with Crippen LogP contribution in [0.25, 0.3) is 75.6 Å². The molecule has 7 aromatic heterocycles. The summed E-state index contributed by atoms with van der Waals surface area (Å²) in [4.78, 5) is 0. The molecular weight excluding hydrogens is 1290 g/mol. The van der Waals surface area contributed by atoms with Crippen LogP contribution in [0.4, 0.5) is 0 Å². The van der Waals surface area contributed by atoms with Gasteiger partial charge in [0, 0.05) is 77.3 Å². The zero-order valence-corrected chi connectivity index (χ0v) is 71.5. The number of nitrogens with zero attached hydrogens (tertiary/aromatic N) is 10. The van der Waals surface area contributed by atoms with Gasteiger partial charge in [0.1, 0.15) is 11.3 Å². The van der Waals surface area contributed by atoms with E-state index in [0.717, 1.165) is 39.5 Å². The molecule has 0 amide bonds. The fourth-order valence-electron chi connectivity index (χ4n) is 15.9. The maximum atomic E-state index is 5.35. The van der Waals surface area contributed by atoms with E-state index in [1.807, 2.05) is 49.0 Å². The molecule has 0 fully saturated rings. The predicted molar refractivity (Wildman–Crippen MR) is 443 cm³/mol. The van der Waals surface area contributed by atoms with Crippen molar-refractivity contribution in [1.82, 2.24) is 48.6 Å². The van der Waals surface area contributed by atoms with E-state index >= 15 is 0 Å². The van der Waals surface area contributed by atoms with Crippen LogP contribution in [0.15, 0.2) is 9.05 Å². The Morgan fingerprint density at radius 2 is 0.583 bits per heavy atom. The highest BCUT2D eigenvalue weighted by atomic mass is 32.1. The van der Waals surface area contributed by atoms with Crippen molar-refractivity contribution >= 4 is 87.1 Å². The number of fused-ring (bicyclic) bond motifs is 7. The molecule has 0 saturated heterocycles. The second kappa shape index (κ2) is 30.2. The normalized spacial score (nSPS) is 11.3. The minimum absolute atomic E-state index is 0.920. The predicted octanol–water partition coefficient (Wildman–Crippen LogP) is 24.0. The van der Waals surface area contributed by atoms with Crippen molar-refractivity contribution in [3.8, 4) is 0 Å². The largest absolute Gasteiger partial charge is 0.360 e. The highest BCUT2D eigenvalue weighted by molar-refractivity contribution is 7.13. The number of aromatic nitrogens is 10. The summed E-state index contributed by atoms with van der Waals surface area (Å²) >= 11 is 1.63. The van der Waals surface area contributed by atoms with Crippen LogP contribution in [0.3, 0.4) is 0 Å². The molecule has 0 bridgehead atoms. The number of benzene rings is 7. The fraction of sp³-hybridized carbons (Fsp3) is 0.444. The standard InChI is InChI=1S/C15H21N.3C13H18N2.2C12H15NO.C12H15NS/c1-8-9(2)11(4)15-14(10(8)3)12(5)13(6)16(15)7;1-7-8(2)10(4)13-12(9(7)3)11(5)15(6)14-13;2*1-7-8(2)10(4)13-12(9(7)3)11(5)14-15(13)6;1-6-7(2)9(4)12-11(8(6)3)10(5)14-13-12;2*1-6-7(2)9(4)12-11(8(6)3)10(5)13-14-12/h1-7H3;3*1-6H3;3*1-5H3. The van der Waals surface area contributed by atoms with Gasteiger partial charge in [0.15, 0.2) is 5.58 Å². The SMILES string of the molecule is Cc1c(C)c(C)c2c(C)n(C)nc2c1C.Cc1c(C)c(C)c2c(C)noc2c1C.Cc1c(C)c(C)c2c(C)nsc2c1C.Cc1c(C)c(C)c2c(C)onc2c1C.Cc1c(C)c(C)c2c(c(C)nn2C)c1C.Cc1c(C)c(C)c2c(c(C)nn2C)c1C.Cc1c(C)c(C)c2c(c1C)c(C)c(C)n2C. The smallest absolute Gasteiger partial charge is 0.170 e. The summed E-state index contributed by atoms with van der Waals surface area (Å²) in [5, 5.41) is 30.9. The van der Waals surface area contributed by atoms with Gasteiger partial charge < -0.3 is 13.6 Å². The molecule has 0 saturated carbocycles. The Hall–Kier alpha value is -8.68. The first-order valence-electron chi connectivity index (χ1n) is 36.5. The average molecular weight is 1410 g/mol. The van der Waals surface area contributed by atoms with E-state index in [4.69, 9.17) is 9.05 Å². The summed E-state index contributed by atoms with van der Waals surface area (Å²) in [7, 11) is 8.23. The van der Waals surface area contributed by atoms with E-state index in [1.54, 1.807) is 11.5 Å². The molecule has 0 spiro atoms. The number of hydrogen-bond acceptors (Lipinski definition) is 9. The lowest BCUT2D eigenvalue weighted by molar-refractivity contribution is 0.405. The zero-order valence-electron chi connectivity index (χ0n) is 70.7. The quantitative estimate of drug-likeness (QED) is 0.147. The summed E-state index contributed by atoms with van der Waals surface area (Å²) in [5.74, 6) is 0.920. The lowest BCUT2D eigenvalue weighted by Gasteiger charge is -2.12. The first-order chi connectivity index (χ1) is 47.8. The third kappa shape index (κ3) is 13.7. The molecule has 0 aliphatic heterocycles. The second-order valence-corrected chi connectivity index (χ2v) is 31.0. The van der Waals surface area contributed by atoms with Crippen LogP contribution in [0.2, 0.25) is 0 Å². The van der Waals surface area contributed by atoms with Gasteiger partial charge >= 0.3 is 0 Å². The van der Waals surface area contributed by atoms with Crippen molar-refractivity contribution in [2.24, 2.45) is 28.2 Å². The van der Waals surface area contributed by atoms with Gasteiger partial charge in [0.25, 0.3) is 0 Å². The van der Waals surface area contributed by atoms with Gasteiger partial charge in [0.2, 0.25) is 0 Å². The molecular formula is C90H120N10O2S. The Morgan fingerprint density at radius 3 is 1.04 bits per heavy atom. The van der Waals surface area contributed by atoms with Crippen LogP contribution in [0.5, 0.6) is 0 Å². The number of aryl methyl sites for hydroxylation is 25. The first kappa shape index (κ1) is 80.0. The molecule has 103 heavy (non-hydrogen) atoms. The molecule has 0 N–H and O–H groups in total. The summed E-state index contributed by atoms with van der Waals surface area (Å²) in [6, 6.07) is 0. The molecule has 0 atom stereocenters. The van der Waals surface area contributed by atoms with Gasteiger partial charge in [-0.15, -0.1) is 0 Å². The summed E-state index contributed by atoms with van der Waals surface area (Å²) in [6.45, 7) is 77.9. The Bertz CT molecular complexity index is 5230. The number of hydrogen-bond donors (Lipinski definition) is 0. The van der Waals surface area contributed by atoms with Crippen LogP contribution >= 0.6 is 11.5 Å². The molecule has 12 nitrogen and oxygen atoms in total. The van der Waals surface area contributed by atoms with E-state index in [1.165, 1.54) is 237 Å². The Kier molecular flexibility index (Phi) is 23.5. The summed E-state index contributed by atoms with van der Waals surface area (Å²) < 4.78 is 24.7. The topological polar surface area (TPSA) is 123 Å². The van der Waals surface area contributed by atoms with Crippen molar-refractivity contribution in [3.05, 3.63) is 201 Å². The van der Waals surface area contributed by atoms with Crippen molar-refractivity contribution in [2.75, 3.05) is 0 Å². The zero-order chi connectivity index (χ0) is 77.5. The Morgan fingerprint density at radius 1 is 0.233 bits per heavy atom. The van der Waals surface area contributed by atoms with E-state index in [-0.39, 0.29) is 0 Å². The van der Waals surface area contributed by atoms with E-state index in [9.17, 15) is 0 Å². The van der Waals surface area contributed by atoms with Crippen molar-refractivity contribution < 1.29 is 9.05 Å². The minimum atomic E-state index is 0.920. The van der Waals surface area contributed by atoms with Crippen LogP contribution in [-0.4, -0.2) is 48.6 Å². The molecule has 13 heteroatoms. The van der Waals surface area contributed by atoms with E-state index < -0.39 is 0 Å². The molecule has 0 aliphatic rings.